The monoisotopic (exact) mass is 541 g/mol. The zero-order valence-electron chi connectivity index (χ0n) is 20.0. The smallest absolute Gasteiger partial charge is 0.253 e. The first-order chi connectivity index (χ1) is 18.4. The minimum atomic E-state index is -1.56. The fourth-order valence-electron chi connectivity index (χ4n) is 4.15. The molecule has 4 aromatic heterocycles. The van der Waals surface area contributed by atoms with E-state index in [1.807, 2.05) is 55.5 Å². The lowest BCUT2D eigenvalue weighted by atomic mass is 10.0. The van der Waals surface area contributed by atoms with Gasteiger partial charge in [-0.1, -0.05) is 41.9 Å². The second-order valence-electron chi connectivity index (χ2n) is 8.72. The van der Waals surface area contributed by atoms with Gasteiger partial charge in [-0.15, -0.1) is 0 Å². The molecule has 0 saturated heterocycles. The lowest BCUT2D eigenvalue weighted by Gasteiger charge is -2.12. The Morgan fingerprint density at radius 2 is 1.79 bits per heavy atom. The van der Waals surface area contributed by atoms with Crippen LogP contribution < -0.4 is 10.3 Å². The van der Waals surface area contributed by atoms with Crippen LogP contribution in [0.1, 0.15) is 11.3 Å². The standard InChI is InChI=1S/C27H20ClN7O2S/c1-15-7-8-20(13-29-15)35-38(37)14-19-11-22-26(33-27(19)36)32-24(16-5-3-2-4-6-16)25(31-22)17-9-18-12-30-34-23(18)21(28)10-17/h2-13,35H,14H2,1H3,(H,30,34)(H,32,33,36). The fraction of sp³-hybridized carbons (Fsp3) is 0.0741. The van der Waals surface area contributed by atoms with Crippen LogP contribution in [0.25, 0.3) is 44.6 Å². The molecule has 6 aromatic rings. The van der Waals surface area contributed by atoms with E-state index in [2.05, 4.69) is 24.9 Å². The molecule has 6 rings (SSSR count). The number of aromatic nitrogens is 6. The summed E-state index contributed by atoms with van der Waals surface area (Å²) in [6.07, 6.45) is 3.30. The summed E-state index contributed by atoms with van der Waals surface area (Å²) in [5.74, 6) is -0.0244. The van der Waals surface area contributed by atoms with Gasteiger partial charge in [-0.2, -0.15) is 5.10 Å². The van der Waals surface area contributed by atoms with Gasteiger partial charge in [0.15, 0.2) is 5.65 Å². The number of hydrogen-bond donors (Lipinski definition) is 3. The summed E-state index contributed by atoms with van der Waals surface area (Å²) in [7, 11) is -1.56. The third-order valence-electron chi connectivity index (χ3n) is 6.01. The van der Waals surface area contributed by atoms with Crippen LogP contribution in [0.15, 0.2) is 77.9 Å². The molecule has 0 aliphatic heterocycles. The van der Waals surface area contributed by atoms with Crippen molar-refractivity contribution < 1.29 is 4.21 Å². The largest absolute Gasteiger partial charge is 0.305 e. The Balaban J connectivity index is 1.45. The lowest BCUT2D eigenvalue weighted by molar-refractivity contribution is 0.685. The molecule has 0 fully saturated rings. The molecule has 9 nitrogen and oxygen atoms in total. The summed E-state index contributed by atoms with van der Waals surface area (Å²) in [6, 6.07) is 18.6. The molecule has 188 valence electrons. The Kier molecular flexibility index (Phi) is 6.18. The van der Waals surface area contributed by atoms with Crippen molar-refractivity contribution in [2.24, 2.45) is 0 Å². The van der Waals surface area contributed by atoms with Crippen molar-refractivity contribution in [1.29, 1.82) is 0 Å². The minimum absolute atomic E-state index is 0.0244. The quantitative estimate of drug-likeness (QED) is 0.267. The van der Waals surface area contributed by atoms with E-state index in [9.17, 15) is 9.00 Å². The Bertz CT molecular complexity index is 1890. The van der Waals surface area contributed by atoms with Crippen LogP contribution in [0.4, 0.5) is 5.69 Å². The van der Waals surface area contributed by atoms with Gasteiger partial charge in [0, 0.05) is 27.8 Å². The molecule has 3 N–H and O–H groups in total. The third kappa shape index (κ3) is 4.67. The maximum Gasteiger partial charge on any atom is 0.253 e. The number of anilines is 1. The zero-order valence-corrected chi connectivity index (χ0v) is 21.6. The van der Waals surface area contributed by atoms with Crippen LogP contribution in [0, 0.1) is 6.92 Å². The van der Waals surface area contributed by atoms with E-state index < -0.39 is 11.0 Å². The number of halogens is 1. The van der Waals surface area contributed by atoms with Gasteiger partial charge in [0.05, 0.1) is 45.8 Å². The average Bonchev–Trinajstić information content (AvgIpc) is 3.40. The maximum absolute atomic E-state index is 12.9. The highest BCUT2D eigenvalue weighted by molar-refractivity contribution is 7.85. The SMILES string of the molecule is Cc1ccc(NS(=O)Cc2cc3nc(-c4cc(Cl)c5[nH]ncc5c4)c(-c4ccccc4)nc3[nH]c2=O)cn1. The van der Waals surface area contributed by atoms with Crippen LogP contribution in [-0.2, 0) is 16.7 Å². The van der Waals surface area contributed by atoms with E-state index in [1.54, 1.807) is 24.5 Å². The Morgan fingerprint density at radius 1 is 0.974 bits per heavy atom. The first-order valence-electron chi connectivity index (χ1n) is 11.6. The van der Waals surface area contributed by atoms with Gasteiger partial charge in [0.1, 0.15) is 16.5 Å². The van der Waals surface area contributed by atoms with Crippen molar-refractivity contribution in [3.63, 3.8) is 0 Å². The normalized spacial score (nSPS) is 12.2. The molecule has 2 aromatic carbocycles. The number of rotatable bonds is 6. The number of benzene rings is 2. The molecule has 0 bridgehead atoms. The van der Waals surface area contributed by atoms with Crippen LogP contribution in [-0.4, -0.2) is 34.3 Å². The first-order valence-corrected chi connectivity index (χ1v) is 13.3. The Hall–Kier alpha value is -4.41. The Labute approximate surface area is 223 Å². The van der Waals surface area contributed by atoms with E-state index in [0.29, 0.717) is 38.8 Å². The third-order valence-corrected chi connectivity index (χ3v) is 7.34. The summed E-state index contributed by atoms with van der Waals surface area (Å²) in [5.41, 5.74) is 5.70. The van der Waals surface area contributed by atoms with Crippen LogP contribution >= 0.6 is 11.6 Å². The van der Waals surface area contributed by atoms with Crippen molar-refractivity contribution in [3.8, 4) is 22.5 Å². The highest BCUT2D eigenvalue weighted by Crippen LogP contribution is 2.34. The van der Waals surface area contributed by atoms with E-state index >= 15 is 0 Å². The highest BCUT2D eigenvalue weighted by Gasteiger charge is 2.17. The Morgan fingerprint density at radius 3 is 2.58 bits per heavy atom. The molecule has 0 aliphatic rings. The van der Waals surface area contributed by atoms with Gasteiger partial charge >= 0.3 is 0 Å². The topological polar surface area (TPSA) is 129 Å². The molecule has 4 heterocycles. The number of pyridine rings is 2. The number of H-pyrrole nitrogens is 2. The molecule has 0 spiro atoms. The molecule has 11 heteroatoms. The minimum Gasteiger partial charge on any atom is -0.305 e. The number of nitrogens with zero attached hydrogens (tertiary/aromatic N) is 4. The van der Waals surface area contributed by atoms with Gasteiger partial charge in [-0.25, -0.2) is 14.2 Å². The van der Waals surface area contributed by atoms with Crippen molar-refractivity contribution in [3.05, 3.63) is 99.7 Å². The predicted molar refractivity (Wildman–Crippen MR) is 150 cm³/mol. The molecule has 1 unspecified atom stereocenters. The molecule has 1 atom stereocenters. The van der Waals surface area contributed by atoms with E-state index in [-0.39, 0.29) is 11.3 Å². The number of aromatic amines is 2. The maximum atomic E-state index is 12.9. The van der Waals surface area contributed by atoms with Gasteiger partial charge in [0.2, 0.25) is 0 Å². The fourth-order valence-corrected chi connectivity index (χ4v) is 5.37. The predicted octanol–water partition coefficient (Wildman–Crippen LogP) is 5.16. The van der Waals surface area contributed by atoms with Gasteiger partial charge < -0.3 is 9.71 Å². The number of aryl methyl sites for hydroxylation is 1. The summed E-state index contributed by atoms with van der Waals surface area (Å²) >= 11 is 6.54. The molecular weight excluding hydrogens is 522 g/mol. The summed E-state index contributed by atoms with van der Waals surface area (Å²) in [6.45, 7) is 1.87. The molecule has 0 saturated carbocycles. The van der Waals surface area contributed by atoms with E-state index in [0.717, 1.165) is 27.7 Å². The summed E-state index contributed by atoms with van der Waals surface area (Å²) in [5, 5.41) is 8.33. The van der Waals surface area contributed by atoms with E-state index in [1.165, 1.54) is 0 Å². The lowest BCUT2D eigenvalue weighted by Crippen LogP contribution is -2.18. The average molecular weight is 542 g/mol. The van der Waals surface area contributed by atoms with Crippen molar-refractivity contribution in [2.75, 3.05) is 4.72 Å². The summed E-state index contributed by atoms with van der Waals surface area (Å²) < 4.78 is 15.7. The van der Waals surface area contributed by atoms with Gasteiger partial charge in [0.25, 0.3) is 5.56 Å². The summed E-state index contributed by atoms with van der Waals surface area (Å²) in [4.78, 5) is 29.6. The van der Waals surface area contributed by atoms with Crippen LogP contribution in [0.2, 0.25) is 5.02 Å². The highest BCUT2D eigenvalue weighted by atomic mass is 35.5. The number of hydrogen-bond acceptors (Lipinski definition) is 6. The van der Waals surface area contributed by atoms with Crippen molar-refractivity contribution >= 4 is 50.3 Å². The number of fused-ring (bicyclic) bond motifs is 2. The molecule has 0 aliphatic carbocycles. The molecular formula is C27H20ClN7O2S. The molecule has 38 heavy (non-hydrogen) atoms. The second kappa shape index (κ2) is 9.81. The van der Waals surface area contributed by atoms with Crippen LogP contribution in [0.3, 0.4) is 0 Å². The zero-order chi connectivity index (χ0) is 26.2. The second-order valence-corrected chi connectivity index (χ2v) is 10.3. The van der Waals surface area contributed by atoms with Gasteiger partial charge in [-0.05, 0) is 37.3 Å². The number of nitrogens with one attached hydrogen (secondary N) is 3. The first kappa shape index (κ1) is 24.0. The van der Waals surface area contributed by atoms with Gasteiger partial charge in [-0.3, -0.25) is 14.9 Å². The van der Waals surface area contributed by atoms with Crippen molar-refractivity contribution in [1.82, 2.24) is 30.1 Å². The van der Waals surface area contributed by atoms with E-state index in [4.69, 9.17) is 21.6 Å². The van der Waals surface area contributed by atoms with Crippen LogP contribution in [0.5, 0.6) is 0 Å². The molecule has 0 radical (unpaired) electrons. The molecule has 0 amide bonds. The van der Waals surface area contributed by atoms with Crippen molar-refractivity contribution in [2.45, 2.75) is 12.7 Å².